The molecule has 6 rings (SSSR count). The van der Waals surface area contributed by atoms with Crippen molar-refractivity contribution in [2.45, 2.75) is 102 Å². The molecular weight excluding hydrogens is 664 g/mol. The van der Waals surface area contributed by atoms with Crippen molar-refractivity contribution in [3.05, 3.63) is 23.5 Å². The molecule has 1 spiro atoms. The van der Waals surface area contributed by atoms with Gasteiger partial charge in [-0.25, -0.2) is 14.4 Å². The normalized spacial score (nSPS) is 48.2. The van der Waals surface area contributed by atoms with Crippen molar-refractivity contribution in [1.29, 1.82) is 0 Å². The van der Waals surface area contributed by atoms with E-state index in [0.29, 0.717) is 5.57 Å². The number of ether oxygens (including phenoxy) is 6. The number of allylic oxidation sites excluding steroid dienone is 3. The summed E-state index contributed by atoms with van der Waals surface area (Å²) >= 11 is 0. The van der Waals surface area contributed by atoms with E-state index in [1.54, 1.807) is 20.8 Å². The molecule has 6 N–H and O–H groups in total. The first-order chi connectivity index (χ1) is 23.4. The molecule has 0 aromatic carbocycles. The van der Waals surface area contributed by atoms with E-state index in [0.717, 1.165) is 7.11 Å². The van der Waals surface area contributed by atoms with Gasteiger partial charge in [0.1, 0.15) is 36.6 Å². The van der Waals surface area contributed by atoms with E-state index in [1.807, 2.05) is 13.8 Å². The van der Waals surface area contributed by atoms with Crippen molar-refractivity contribution in [2.75, 3.05) is 20.3 Å². The van der Waals surface area contributed by atoms with Gasteiger partial charge < -0.3 is 59.1 Å². The van der Waals surface area contributed by atoms with Crippen LogP contribution >= 0.6 is 0 Å². The number of aliphatic hydroxyl groups excluding tert-OH is 6. The van der Waals surface area contributed by atoms with E-state index in [4.69, 9.17) is 28.4 Å². The summed E-state index contributed by atoms with van der Waals surface area (Å²) in [5.41, 5.74) is -4.95. The van der Waals surface area contributed by atoms with E-state index in [9.17, 15) is 49.8 Å². The van der Waals surface area contributed by atoms with Gasteiger partial charge in [-0.3, -0.25) is 4.79 Å². The lowest BCUT2D eigenvalue weighted by Crippen LogP contribution is -2.80. The standard InChI is InChI=1S/C34H46O16/c1-12(2)13(3)8-19(36)50-24-26-33-11-46-34(26,31(44)45-6)28(42)23(40)25(33)32(5)15(9-18(33)49-29(24)43)14(4)7-16(27(32)41)47-30-22(39)21(38)20(37)17(10-35)48-30/h7-8,12,14-15,17-18,20-26,28,30,35,37-40,42H,9-11H2,1-6H3/b13-8+/t14-,15+,17-,18-,20-,21+,22-,23-,24-,25-,26-,28+,30-,32+,33-,34+/m1/s1. The van der Waals surface area contributed by atoms with Crippen molar-refractivity contribution >= 4 is 23.7 Å². The molecular formula is C34H46O16. The van der Waals surface area contributed by atoms with Crippen LogP contribution in [0, 0.1) is 40.4 Å². The zero-order valence-electron chi connectivity index (χ0n) is 28.6. The SMILES string of the molecule is COC(=O)[C@@]12OC[C@]34[C@H]([C@@H](O)[C@@H]1O)[C@@]1(C)C(=O)C(O[C@@H]5O[C@H](CO)[C@@H](O)[C@H](O)[C@H]5O)=C[C@@H](C)[C@@H]1C[C@H]3OC(=O)[C@H](OC(=O)/C=C(\C)C(C)C)[C@@H]24. The van der Waals surface area contributed by atoms with Gasteiger partial charge in [0, 0.05) is 22.8 Å². The van der Waals surface area contributed by atoms with E-state index in [-0.39, 0.29) is 18.1 Å². The maximum atomic E-state index is 14.8. The van der Waals surface area contributed by atoms with Gasteiger partial charge in [0.25, 0.3) is 0 Å². The predicted octanol–water partition coefficient (Wildman–Crippen LogP) is -1.73. The number of rotatable bonds is 7. The number of carbonyl (C=O) groups is 4. The molecule has 50 heavy (non-hydrogen) atoms. The van der Waals surface area contributed by atoms with Gasteiger partial charge in [-0.05, 0) is 37.2 Å². The number of hydrogen-bond acceptors (Lipinski definition) is 16. The van der Waals surface area contributed by atoms with Crippen LogP contribution < -0.4 is 0 Å². The highest BCUT2D eigenvalue weighted by molar-refractivity contribution is 6.00. The Bertz CT molecular complexity index is 1490. The molecule has 0 aromatic heterocycles. The molecule has 3 aliphatic heterocycles. The van der Waals surface area contributed by atoms with Gasteiger partial charge in [-0.1, -0.05) is 33.3 Å². The third-order valence-corrected chi connectivity index (χ3v) is 12.4. The molecule has 2 bridgehead atoms. The number of fused-ring (bicyclic) bond motifs is 2. The lowest BCUT2D eigenvalue weighted by Gasteiger charge is -2.67. The summed E-state index contributed by atoms with van der Waals surface area (Å²) in [6.07, 6.45) is -12.3. The van der Waals surface area contributed by atoms with Crippen LogP contribution in [0.25, 0.3) is 0 Å². The van der Waals surface area contributed by atoms with E-state index in [1.165, 1.54) is 12.2 Å². The number of methoxy groups -OCH3 is 1. The monoisotopic (exact) mass is 710 g/mol. The Labute approximate surface area is 287 Å². The van der Waals surface area contributed by atoms with Crippen LogP contribution in [0.3, 0.4) is 0 Å². The second kappa shape index (κ2) is 12.6. The summed E-state index contributed by atoms with van der Waals surface area (Å²) < 4.78 is 34.3. The molecule has 16 atom stereocenters. The van der Waals surface area contributed by atoms with Crippen LogP contribution in [0.2, 0.25) is 0 Å². The molecule has 5 fully saturated rings. The number of ketones is 1. The molecule has 278 valence electrons. The number of hydrogen-bond donors (Lipinski definition) is 6. The van der Waals surface area contributed by atoms with Crippen molar-refractivity contribution in [2.24, 2.45) is 40.4 Å². The summed E-state index contributed by atoms with van der Waals surface area (Å²) in [5, 5.41) is 64.8. The molecule has 3 aliphatic carbocycles. The van der Waals surface area contributed by atoms with Crippen molar-refractivity contribution in [3.8, 4) is 0 Å². The predicted molar refractivity (Wildman–Crippen MR) is 164 cm³/mol. The first-order valence-electron chi connectivity index (χ1n) is 16.8. The quantitative estimate of drug-likeness (QED) is 0.0976. The van der Waals surface area contributed by atoms with Crippen LogP contribution in [0.15, 0.2) is 23.5 Å². The number of aliphatic hydroxyl groups is 6. The van der Waals surface area contributed by atoms with Crippen LogP contribution in [0.5, 0.6) is 0 Å². The van der Waals surface area contributed by atoms with Gasteiger partial charge in [0.2, 0.25) is 23.8 Å². The highest BCUT2D eigenvalue weighted by Crippen LogP contribution is 2.72. The Morgan fingerprint density at radius 2 is 1.74 bits per heavy atom. The molecule has 0 amide bonds. The maximum absolute atomic E-state index is 14.8. The molecule has 0 radical (unpaired) electrons. The fourth-order valence-corrected chi connectivity index (χ4v) is 9.71. The van der Waals surface area contributed by atoms with E-state index in [2.05, 4.69) is 0 Å². The number of Topliss-reactive ketones (excluding diaryl/α,β-unsaturated/α-hetero) is 1. The van der Waals surface area contributed by atoms with Gasteiger partial charge in [0.15, 0.2) is 5.76 Å². The molecule has 16 heteroatoms. The van der Waals surface area contributed by atoms with Gasteiger partial charge in [0.05, 0.1) is 32.3 Å². The third-order valence-electron chi connectivity index (χ3n) is 12.4. The fraction of sp³-hybridized carbons (Fsp3) is 0.765. The smallest absolute Gasteiger partial charge is 0.348 e. The topological polar surface area (TPSA) is 245 Å². The van der Waals surface area contributed by atoms with E-state index >= 15 is 0 Å². The van der Waals surface area contributed by atoms with Crippen LogP contribution in [-0.2, 0) is 47.6 Å². The number of esters is 3. The Morgan fingerprint density at radius 3 is 2.36 bits per heavy atom. The highest BCUT2D eigenvalue weighted by atomic mass is 16.7. The largest absolute Gasteiger partial charge is 0.467 e. The Balaban J connectivity index is 1.45. The first-order valence-corrected chi connectivity index (χ1v) is 16.8. The molecule has 6 aliphatic rings. The Kier molecular flexibility index (Phi) is 9.29. The third kappa shape index (κ3) is 4.86. The average molecular weight is 711 g/mol. The summed E-state index contributed by atoms with van der Waals surface area (Å²) in [4.78, 5) is 55.4. The molecule has 16 nitrogen and oxygen atoms in total. The number of carbonyl (C=O) groups excluding carboxylic acids is 4. The molecule has 0 unspecified atom stereocenters. The highest BCUT2D eigenvalue weighted by Gasteiger charge is 2.86. The molecule has 0 aromatic rings. The van der Waals surface area contributed by atoms with Crippen molar-refractivity contribution in [3.63, 3.8) is 0 Å². The maximum Gasteiger partial charge on any atom is 0.348 e. The minimum Gasteiger partial charge on any atom is -0.467 e. The summed E-state index contributed by atoms with van der Waals surface area (Å²) in [5.74, 6) is -7.99. The molecule has 3 heterocycles. The fourth-order valence-electron chi connectivity index (χ4n) is 9.71. The molecule has 2 saturated carbocycles. The van der Waals surface area contributed by atoms with E-state index < -0.39 is 132 Å². The lowest BCUT2D eigenvalue weighted by atomic mass is 9.37. The van der Waals surface area contributed by atoms with Crippen molar-refractivity contribution in [1.82, 2.24) is 0 Å². The van der Waals surface area contributed by atoms with Gasteiger partial charge in [-0.2, -0.15) is 0 Å². The second-order valence-corrected chi connectivity index (χ2v) is 15.1. The Hall–Kier alpha value is -2.96. The zero-order valence-corrected chi connectivity index (χ0v) is 28.6. The van der Waals surface area contributed by atoms with Crippen molar-refractivity contribution < 1.29 is 78.2 Å². The second-order valence-electron chi connectivity index (χ2n) is 15.1. The van der Waals surface area contributed by atoms with Gasteiger partial charge >= 0.3 is 17.9 Å². The first kappa shape index (κ1) is 36.8. The van der Waals surface area contributed by atoms with Crippen LogP contribution in [0.4, 0.5) is 0 Å². The summed E-state index contributed by atoms with van der Waals surface area (Å²) in [7, 11) is 1.04. The average Bonchev–Trinajstić information content (AvgIpc) is 3.38. The minimum atomic E-state index is -2.39. The summed E-state index contributed by atoms with van der Waals surface area (Å²) in [6.45, 7) is 7.61. The van der Waals surface area contributed by atoms with Gasteiger partial charge in [-0.15, -0.1) is 0 Å². The molecule has 3 saturated heterocycles. The lowest BCUT2D eigenvalue weighted by molar-refractivity contribution is -0.297. The van der Waals surface area contributed by atoms with Crippen LogP contribution in [-0.4, -0.2) is 135 Å². The zero-order chi connectivity index (χ0) is 36.8. The Morgan fingerprint density at radius 1 is 1.06 bits per heavy atom. The summed E-state index contributed by atoms with van der Waals surface area (Å²) in [6, 6.07) is 0. The van der Waals surface area contributed by atoms with Crippen LogP contribution in [0.1, 0.15) is 41.0 Å². The minimum absolute atomic E-state index is 0.0391.